The van der Waals surface area contributed by atoms with Crippen molar-refractivity contribution in [3.05, 3.63) is 58.7 Å². The Hall–Kier alpha value is -3.02. The van der Waals surface area contributed by atoms with Gasteiger partial charge in [-0.25, -0.2) is 4.79 Å². The SMILES string of the molecule is O=C(O)c1ccc2c(c1)CN(C(=O)c1cccc3c1OCCCO3)C2. The number of para-hydroxylation sites is 1. The van der Waals surface area contributed by atoms with Gasteiger partial charge in [0.1, 0.15) is 0 Å². The molecule has 0 bridgehead atoms. The molecule has 0 atom stereocenters. The molecule has 0 saturated carbocycles. The summed E-state index contributed by atoms with van der Waals surface area (Å²) in [5.41, 5.74) is 2.55. The zero-order valence-electron chi connectivity index (χ0n) is 13.5. The number of nitrogens with zero attached hydrogens (tertiary/aromatic N) is 1. The number of benzene rings is 2. The van der Waals surface area contributed by atoms with E-state index in [4.69, 9.17) is 14.6 Å². The van der Waals surface area contributed by atoms with Crippen LogP contribution < -0.4 is 9.47 Å². The molecule has 2 aliphatic heterocycles. The maximum absolute atomic E-state index is 13.0. The number of ether oxygens (including phenoxy) is 2. The Morgan fingerprint density at radius 1 is 1.00 bits per heavy atom. The van der Waals surface area contributed by atoms with E-state index in [2.05, 4.69) is 0 Å². The summed E-state index contributed by atoms with van der Waals surface area (Å²) in [5.74, 6) is -0.0256. The van der Waals surface area contributed by atoms with Crippen LogP contribution in [0.4, 0.5) is 0 Å². The standard InChI is InChI=1S/C19H17NO5/c21-18(15-3-1-4-16-17(15)25-8-2-7-24-16)20-10-13-6-5-12(19(22)23)9-14(13)11-20/h1,3-6,9H,2,7-8,10-11H2,(H,22,23). The predicted octanol–water partition coefficient (Wildman–Crippen LogP) is 2.70. The van der Waals surface area contributed by atoms with Gasteiger partial charge in [-0.3, -0.25) is 4.79 Å². The number of carbonyl (C=O) groups is 2. The van der Waals surface area contributed by atoms with Gasteiger partial charge in [0.05, 0.1) is 24.3 Å². The number of hydrogen-bond acceptors (Lipinski definition) is 4. The van der Waals surface area contributed by atoms with Crippen molar-refractivity contribution in [1.29, 1.82) is 0 Å². The molecule has 0 radical (unpaired) electrons. The summed E-state index contributed by atoms with van der Waals surface area (Å²) in [5, 5.41) is 9.12. The molecule has 0 spiro atoms. The number of aromatic carboxylic acids is 1. The van der Waals surface area contributed by atoms with Crippen LogP contribution in [0.2, 0.25) is 0 Å². The minimum atomic E-state index is -0.966. The third-order valence-electron chi connectivity index (χ3n) is 4.46. The molecule has 2 aromatic carbocycles. The molecule has 2 heterocycles. The maximum Gasteiger partial charge on any atom is 0.335 e. The third kappa shape index (κ3) is 2.80. The Morgan fingerprint density at radius 2 is 1.80 bits per heavy atom. The first-order chi connectivity index (χ1) is 12.1. The van der Waals surface area contributed by atoms with Crippen molar-refractivity contribution in [1.82, 2.24) is 4.90 Å². The molecule has 0 fully saturated rings. The molecule has 1 amide bonds. The van der Waals surface area contributed by atoms with E-state index in [1.807, 2.05) is 0 Å². The highest BCUT2D eigenvalue weighted by Crippen LogP contribution is 2.35. The number of carbonyl (C=O) groups excluding carboxylic acids is 1. The lowest BCUT2D eigenvalue weighted by Crippen LogP contribution is -2.25. The van der Waals surface area contributed by atoms with Crippen molar-refractivity contribution in [3.63, 3.8) is 0 Å². The summed E-state index contributed by atoms with van der Waals surface area (Å²) >= 11 is 0. The fourth-order valence-electron chi connectivity index (χ4n) is 3.20. The van der Waals surface area contributed by atoms with Crippen molar-refractivity contribution >= 4 is 11.9 Å². The second-order valence-corrected chi connectivity index (χ2v) is 6.13. The van der Waals surface area contributed by atoms with Gasteiger partial charge < -0.3 is 19.5 Å². The van der Waals surface area contributed by atoms with E-state index in [9.17, 15) is 9.59 Å². The van der Waals surface area contributed by atoms with E-state index in [1.165, 1.54) is 0 Å². The highest BCUT2D eigenvalue weighted by atomic mass is 16.5. The van der Waals surface area contributed by atoms with Crippen molar-refractivity contribution in [2.45, 2.75) is 19.5 Å². The van der Waals surface area contributed by atoms with Gasteiger partial charge in [-0.05, 0) is 35.4 Å². The topological polar surface area (TPSA) is 76.1 Å². The monoisotopic (exact) mass is 339 g/mol. The number of rotatable bonds is 2. The van der Waals surface area contributed by atoms with Crippen LogP contribution in [-0.2, 0) is 13.1 Å². The van der Waals surface area contributed by atoms with Crippen LogP contribution in [0.3, 0.4) is 0 Å². The quantitative estimate of drug-likeness (QED) is 0.910. The average molecular weight is 339 g/mol. The molecule has 6 nitrogen and oxygen atoms in total. The van der Waals surface area contributed by atoms with Gasteiger partial charge in [-0.2, -0.15) is 0 Å². The van der Waals surface area contributed by atoms with Crippen LogP contribution in [0.1, 0.15) is 38.3 Å². The molecule has 0 saturated heterocycles. The summed E-state index contributed by atoms with van der Waals surface area (Å²) in [6.45, 7) is 1.93. The Labute approximate surface area is 144 Å². The summed E-state index contributed by atoms with van der Waals surface area (Å²) in [7, 11) is 0. The van der Waals surface area contributed by atoms with Gasteiger partial charge in [0.15, 0.2) is 11.5 Å². The summed E-state index contributed by atoms with van der Waals surface area (Å²) in [6.07, 6.45) is 0.773. The molecular weight excluding hydrogens is 322 g/mol. The van der Waals surface area contributed by atoms with Crippen molar-refractivity contribution in [2.75, 3.05) is 13.2 Å². The summed E-state index contributed by atoms with van der Waals surface area (Å²) in [4.78, 5) is 25.8. The van der Waals surface area contributed by atoms with Crippen molar-refractivity contribution < 1.29 is 24.2 Å². The van der Waals surface area contributed by atoms with Crippen LogP contribution in [0.25, 0.3) is 0 Å². The molecule has 0 unspecified atom stereocenters. The Kier molecular flexibility index (Phi) is 3.80. The molecule has 6 heteroatoms. The van der Waals surface area contributed by atoms with Gasteiger partial charge in [-0.1, -0.05) is 12.1 Å². The van der Waals surface area contributed by atoms with E-state index in [-0.39, 0.29) is 11.5 Å². The molecular formula is C19H17NO5. The predicted molar refractivity (Wildman–Crippen MR) is 89.0 cm³/mol. The summed E-state index contributed by atoms with van der Waals surface area (Å²) < 4.78 is 11.4. The molecule has 1 N–H and O–H groups in total. The molecule has 0 aliphatic carbocycles. The minimum absolute atomic E-state index is 0.143. The molecule has 0 aromatic heterocycles. The lowest BCUT2D eigenvalue weighted by molar-refractivity contribution is 0.0696. The van der Waals surface area contributed by atoms with Crippen LogP contribution in [-0.4, -0.2) is 35.1 Å². The number of fused-ring (bicyclic) bond motifs is 2. The molecule has 128 valence electrons. The lowest BCUT2D eigenvalue weighted by atomic mass is 10.1. The number of amides is 1. The van der Waals surface area contributed by atoms with Gasteiger partial charge in [0, 0.05) is 19.5 Å². The van der Waals surface area contributed by atoms with Gasteiger partial charge in [0.2, 0.25) is 0 Å². The first kappa shape index (κ1) is 15.5. The van der Waals surface area contributed by atoms with E-state index in [0.717, 1.165) is 17.5 Å². The second kappa shape index (κ2) is 6.12. The van der Waals surface area contributed by atoms with Crippen LogP contribution in [0.5, 0.6) is 11.5 Å². The smallest absolute Gasteiger partial charge is 0.335 e. The summed E-state index contributed by atoms with van der Waals surface area (Å²) in [6, 6.07) is 10.3. The van der Waals surface area contributed by atoms with E-state index >= 15 is 0 Å². The van der Waals surface area contributed by atoms with Gasteiger partial charge in [0.25, 0.3) is 5.91 Å². The highest BCUT2D eigenvalue weighted by molar-refractivity contribution is 5.98. The molecule has 2 aromatic rings. The Balaban J connectivity index is 1.62. The largest absolute Gasteiger partial charge is 0.490 e. The molecule has 4 rings (SSSR count). The van der Waals surface area contributed by atoms with Crippen LogP contribution in [0, 0.1) is 0 Å². The first-order valence-electron chi connectivity index (χ1n) is 8.16. The second-order valence-electron chi connectivity index (χ2n) is 6.13. The molecule has 2 aliphatic rings. The average Bonchev–Trinajstić information content (AvgIpc) is 2.89. The number of carboxylic acid groups (broad SMARTS) is 1. The third-order valence-corrected chi connectivity index (χ3v) is 4.46. The highest BCUT2D eigenvalue weighted by Gasteiger charge is 2.28. The number of carboxylic acids is 1. The molecule has 25 heavy (non-hydrogen) atoms. The van der Waals surface area contributed by atoms with Gasteiger partial charge in [-0.15, -0.1) is 0 Å². The normalized spacial score (nSPS) is 15.4. The van der Waals surface area contributed by atoms with E-state index in [0.29, 0.717) is 43.4 Å². The zero-order chi connectivity index (χ0) is 17.4. The number of hydrogen-bond donors (Lipinski definition) is 1. The fourth-order valence-corrected chi connectivity index (χ4v) is 3.20. The van der Waals surface area contributed by atoms with Crippen LogP contribution >= 0.6 is 0 Å². The minimum Gasteiger partial charge on any atom is -0.490 e. The van der Waals surface area contributed by atoms with Crippen molar-refractivity contribution in [2.24, 2.45) is 0 Å². The van der Waals surface area contributed by atoms with E-state index < -0.39 is 5.97 Å². The Bertz CT molecular complexity index is 861. The van der Waals surface area contributed by atoms with Gasteiger partial charge >= 0.3 is 5.97 Å². The van der Waals surface area contributed by atoms with Crippen molar-refractivity contribution in [3.8, 4) is 11.5 Å². The fraction of sp³-hybridized carbons (Fsp3) is 0.263. The first-order valence-corrected chi connectivity index (χ1v) is 8.16. The zero-order valence-corrected chi connectivity index (χ0v) is 13.5. The van der Waals surface area contributed by atoms with Crippen LogP contribution in [0.15, 0.2) is 36.4 Å². The lowest BCUT2D eigenvalue weighted by Gasteiger charge is -2.18. The Morgan fingerprint density at radius 3 is 2.64 bits per heavy atom. The maximum atomic E-state index is 13.0. The van der Waals surface area contributed by atoms with E-state index in [1.54, 1.807) is 41.3 Å².